The van der Waals surface area contributed by atoms with Crippen molar-refractivity contribution in [2.45, 2.75) is 23.1 Å². The quantitative estimate of drug-likeness (QED) is 0.466. The third-order valence-corrected chi connectivity index (χ3v) is 6.28. The number of hydrogen-bond donors (Lipinski definition) is 1. The van der Waals surface area contributed by atoms with Crippen molar-refractivity contribution in [3.63, 3.8) is 0 Å². The Balaban J connectivity index is 1.75. The smallest absolute Gasteiger partial charge is 0.244 e. The van der Waals surface area contributed by atoms with Gasteiger partial charge in [-0.2, -0.15) is 5.10 Å². The molecule has 3 aromatic rings. The molecule has 0 aliphatic heterocycles. The molecule has 6 nitrogen and oxygen atoms in total. The van der Waals surface area contributed by atoms with E-state index < -0.39 is 9.84 Å². The minimum absolute atomic E-state index is 0.123. The fourth-order valence-corrected chi connectivity index (χ4v) is 4.29. The standard InChI is InChI=1S/C23H22N2O4S/c1-17-10-12-21(13-11-17)30(27,28)22-9-4-3-7-19(22)16-24-25-23(26)15-18-6-5-8-20(14-18)29-2/h3-14,16H,15H2,1-2H3,(H,25,26)/b24-16-. The molecule has 1 N–H and O–H groups in total. The first kappa shape index (κ1) is 21.3. The van der Waals surface area contributed by atoms with E-state index in [4.69, 9.17) is 4.74 Å². The van der Waals surface area contributed by atoms with Gasteiger partial charge >= 0.3 is 0 Å². The summed E-state index contributed by atoms with van der Waals surface area (Å²) < 4.78 is 31.2. The first-order valence-electron chi connectivity index (χ1n) is 9.26. The Labute approximate surface area is 176 Å². The summed E-state index contributed by atoms with van der Waals surface area (Å²) in [6, 6.07) is 20.4. The Hall–Kier alpha value is -3.45. The molecule has 0 aliphatic rings. The number of aryl methyl sites for hydroxylation is 1. The largest absolute Gasteiger partial charge is 0.497 e. The van der Waals surface area contributed by atoms with Gasteiger partial charge in [0.1, 0.15) is 5.75 Å². The monoisotopic (exact) mass is 422 g/mol. The SMILES string of the molecule is COc1cccc(CC(=O)N/N=C\c2ccccc2S(=O)(=O)c2ccc(C)cc2)c1. The van der Waals surface area contributed by atoms with Crippen molar-refractivity contribution in [1.82, 2.24) is 5.43 Å². The number of amides is 1. The van der Waals surface area contributed by atoms with E-state index in [1.807, 2.05) is 13.0 Å². The van der Waals surface area contributed by atoms with Crippen LogP contribution < -0.4 is 10.2 Å². The van der Waals surface area contributed by atoms with Gasteiger partial charge in [-0.05, 0) is 42.8 Å². The average molecular weight is 423 g/mol. The highest BCUT2D eigenvalue weighted by Gasteiger charge is 2.20. The molecule has 0 saturated heterocycles. The van der Waals surface area contributed by atoms with Gasteiger partial charge in [-0.15, -0.1) is 0 Å². The Kier molecular flexibility index (Phi) is 6.64. The van der Waals surface area contributed by atoms with Crippen molar-refractivity contribution in [1.29, 1.82) is 0 Å². The lowest BCUT2D eigenvalue weighted by atomic mass is 10.1. The molecule has 3 aromatic carbocycles. The molecule has 0 aliphatic carbocycles. The van der Waals surface area contributed by atoms with Crippen LogP contribution in [0.3, 0.4) is 0 Å². The van der Waals surface area contributed by atoms with Crippen molar-refractivity contribution in [3.05, 3.63) is 89.5 Å². The van der Waals surface area contributed by atoms with Crippen molar-refractivity contribution < 1.29 is 17.9 Å². The lowest BCUT2D eigenvalue weighted by Gasteiger charge is -2.08. The summed E-state index contributed by atoms with van der Waals surface area (Å²) in [5.41, 5.74) is 4.58. The molecule has 0 atom stereocenters. The molecule has 0 spiro atoms. The van der Waals surface area contributed by atoms with Gasteiger partial charge in [0.05, 0.1) is 29.5 Å². The molecule has 0 saturated carbocycles. The van der Waals surface area contributed by atoms with Crippen LogP contribution >= 0.6 is 0 Å². The first-order valence-corrected chi connectivity index (χ1v) is 10.7. The normalized spacial score (nSPS) is 11.4. The Morgan fingerprint density at radius 3 is 2.50 bits per heavy atom. The molecule has 30 heavy (non-hydrogen) atoms. The van der Waals surface area contributed by atoms with Gasteiger partial charge in [0.2, 0.25) is 15.7 Å². The number of rotatable bonds is 7. The third kappa shape index (κ3) is 5.12. The minimum Gasteiger partial charge on any atom is -0.497 e. The summed E-state index contributed by atoms with van der Waals surface area (Å²) in [5, 5.41) is 3.94. The van der Waals surface area contributed by atoms with Crippen molar-refractivity contribution in [3.8, 4) is 5.75 Å². The van der Waals surface area contributed by atoms with Crippen LogP contribution in [0.25, 0.3) is 0 Å². The molecule has 1 amide bonds. The number of nitrogens with zero attached hydrogens (tertiary/aromatic N) is 1. The van der Waals surface area contributed by atoms with Gasteiger partial charge in [-0.1, -0.05) is 48.0 Å². The fraction of sp³-hybridized carbons (Fsp3) is 0.130. The molecule has 0 fully saturated rings. The number of nitrogens with one attached hydrogen (secondary N) is 1. The van der Waals surface area contributed by atoms with Crippen molar-refractivity contribution in [2.75, 3.05) is 7.11 Å². The van der Waals surface area contributed by atoms with Gasteiger partial charge < -0.3 is 4.74 Å². The maximum absolute atomic E-state index is 13.0. The highest BCUT2D eigenvalue weighted by molar-refractivity contribution is 7.91. The number of hydrogen-bond acceptors (Lipinski definition) is 5. The van der Waals surface area contributed by atoms with E-state index in [0.717, 1.165) is 11.1 Å². The van der Waals surface area contributed by atoms with Gasteiger partial charge in [0, 0.05) is 5.56 Å². The zero-order valence-electron chi connectivity index (χ0n) is 16.7. The highest BCUT2D eigenvalue weighted by Crippen LogP contribution is 2.23. The van der Waals surface area contributed by atoms with Gasteiger partial charge in [-0.25, -0.2) is 13.8 Å². The van der Waals surface area contributed by atoms with Crippen LogP contribution in [0.5, 0.6) is 5.75 Å². The second-order valence-electron chi connectivity index (χ2n) is 6.68. The summed E-state index contributed by atoms with van der Waals surface area (Å²) in [6.07, 6.45) is 1.46. The van der Waals surface area contributed by atoms with Gasteiger partial charge in [0.25, 0.3) is 0 Å². The minimum atomic E-state index is -3.71. The number of ether oxygens (including phenoxy) is 1. The first-order chi connectivity index (χ1) is 14.4. The molecule has 154 valence electrons. The predicted octanol–water partition coefficient (Wildman–Crippen LogP) is 3.53. The summed E-state index contributed by atoms with van der Waals surface area (Å²) in [7, 11) is -2.15. The molecule has 0 unspecified atom stereocenters. The predicted molar refractivity (Wildman–Crippen MR) is 116 cm³/mol. The van der Waals surface area contributed by atoms with E-state index in [9.17, 15) is 13.2 Å². The van der Waals surface area contributed by atoms with E-state index >= 15 is 0 Å². The highest BCUT2D eigenvalue weighted by atomic mass is 32.2. The van der Waals surface area contributed by atoms with Gasteiger partial charge in [0.15, 0.2) is 0 Å². The lowest BCUT2D eigenvalue weighted by molar-refractivity contribution is -0.120. The zero-order chi connectivity index (χ0) is 21.6. The molecule has 7 heteroatoms. The summed E-state index contributed by atoms with van der Waals surface area (Å²) >= 11 is 0. The zero-order valence-corrected chi connectivity index (χ0v) is 17.5. The number of methoxy groups -OCH3 is 1. The Morgan fingerprint density at radius 2 is 1.77 bits per heavy atom. The number of carbonyl (C=O) groups is 1. The number of sulfone groups is 1. The number of hydrazone groups is 1. The summed E-state index contributed by atoms with van der Waals surface area (Å²) in [4.78, 5) is 12.5. The second kappa shape index (κ2) is 9.37. The van der Waals surface area contributed by atoms with E-state index in [1.54, 1.807) is 67.8 Å². The molecular formula is C23H22N2O4S. The molecule has 0 bridgehead atoms. The Bertz CT molecular complexity index is 1170. The van der Waals surface area contributed by atoms with Crippen LogP contribution in [0.4, 0.5) is 0 Å². The molecule has 0 heterocycles. The van der Waals surface area contributed by atoms with Crippen LogP contribution in [0.15, 0.2) is 87.7 Å². The third-order valence-electron chi connectivity index (χ3n) is 4.43. The topological polar surface area (TPSA) is 84.8 Å². The lowest BCUT2D eigenvalue weighted by Crippen LogP contribution is -2.20. The molecular weight excluding hydrogens is 400 g/mol. The van der Waals surface area contributed by atoms with Crippen LogP contribution in [0.2, 0.25) is 0 Å². The van der Waals surface area contributed by atoms with Gasteiger partial charge in [-0.3, -0.25) is 4.79 Å². The van der Waals surface area contributed by atoms with E-state index in [0.29, 0.717) is 11.3 Å². The molecule has 0 radical (unpaired) electrons. The summed E-state index contributed by atoms with van der Waals surface area (Å²) in [5.74, 6) is 0.345. The Morgan fingerprint density at radius 1 is 1.03 bits per heavy atom. The summed E-state index contributed by atoms with van der Waals surface area (Å²) in [6.45, 7) is 1.89. The molecule has 3 rings (SSSR count). The van der Waals surface area contributed by atoms with Crippen LogP contribution in [-0.4, -0.2) is 27.6 Å². The van der Waals surface area contributed by atoms with E-state index in [1.165, 1.54) is 12.3 Å². The van der Waals surface area contributed by atoms with E-state index in [-0.39, 0.29) is 22.1 Å². The average Bonchev–Trinajstić information content (AvgIpc) is 2.74. The number of carbonyl (C=O) groups excluding carboxylic acids is 1. The van der Waals surface area contributed by atoms with Crippen LogP contribution in [-0.2, 0) is 21.1 Å². The second-order valence-corrected chi connectivity index (χ2v) is 8.59. The van der Waals surface area contributed by atoms with Crippen molar-refractivity contribution in [2.24, 2.45) is 5.10 Å². The maximum Gasteiger partial charge on any atom is 0.244 e. The molecule has 0 aromatic heterocycles. The fourth-order valence-electron chi connectivity index (χ4n) is 2.86. The van der Waals surface area contributed by atoms with E-state index in [2.05, 4.69) is 10.5 Å². The maximum atomic E-state index is 13.0. The van der Waals surface area contributed by atoms with Crippen LogP contribution in [0, 0.1) is 6.92 Å². The van der Waals surface area contributed by atoms with Crippen molar-refractivity contribution >= 4 is 22.0 Å². The number of benzene rings is 3. The van der Waals surface area contributed by atoms with Crippen LogP contribution in [0.1, 0.15) is 16.7 Å².